The highest BCUT2D eigenvalue weighted by Crippen LogP contribution is 2.21. The number of aryl methyl sites for hydroxylation is 1. The molecule has 0 saturated carbocycles. The van der Waals surface area contributed by atoms with E-state index in [4.69, 9.17) is 0 Å². The van der Waals surface area contributed by atoms with Gasteiger partial charge >= 0.3 is 0 Å². The van der Waals surface area contributed by atoms with Crippen molar-refractivity contribution in [1.82, 2.24) is 4.72 Å². The van der Waals surface area contributed by atoms with Gasteiger partial charge in [-0.3, -0.25) is 0 Å². The number of rotatable bonds is 5. The summed E-state index contributed by atoms with van der Waals surface area (Å²) in [6, 6.07) is 15.7. The summed E-state index contributed by atoms with van der Waals surface area (Å²) in [5.74, 6) is 0. The highest BCUT2D eigenvalue weighted by molar-refractivity contribution is 7.89. The Hall–Kier alpha value is -1.69. The van der Waals surface area contributed by atoms with E-state index in [1.54, 1.807) is 62.4 Å². The maximum Gasteiger partial charge on any atom is 0.240 e. The smallest absolute Gasteiger partial charge is 0.240 e. The predicted octanol–water partition coefficient (Wildman–Crippen LogP) is 2.18. The van der Waals surface area contributed by atoms with Gasteiger partial charge in [0.25, 0.3) is 0 Å². The van der Waals surface area contributed by atoms with Gasteiger partial charge in [0.15, 0.2) is 0 Å². The fourth-order valence-corrected chi connectivity index (χ4v) is 3.45. The molecular weight excluding hydrogens is 286 g/mol. The first-order valence-electron chi connectivity index (χ1n) is 6.66. The molecule has 0 radical (unpaired) electrons. The van der Waals surface area contributed by atoms with Crippen molar-refractivity contribution in [3.8, 4) is 0 Å². The van der Waals surface area contributed by atoms with Crippen LogP contribution in [-0.2, 0) is 15.6 Å². The highest BCUT2D eigenvalue weighted by atomic mass is 32.2. The number of benzene rings is 2. The molecule has 1 atom stereocenters. The van der Waals surface area contributed by atoms with Gasteiger partial charge in [0.05, 0.1) is 4.90 Å². The van der Waals surface area contributed by atoms with Gasteiger partial charge in [0.2, 0.25) is 10.0 Å². The Morgan fingerprint density at radius 3 is 2.24 bits per heavy atom. The van der Waals surface area contributed by atoms with Crippen LogP contribution in [0.3, 0.4) is 0 Å². The number of hydrogen-bond acceptors (Lipinski definition) is 3. The third-order valence-electron chi connectivity index (χ3n) is 3.39. The Kier molecular flexibility index (Phi) is 4.46. The minimum Gasteiger partial charge on any atom is -0.384 e. The topological polar surface area (TPSA) is 66.4 Å². The average molecular weight is 305 g/mol. The van der Waals surface area contributed by atoms with Crippen molar-refractivity contribution in [3.05, 3.63) is 65.7 Å². The van der Waals surface area contributed by atoms with E-state index in [0.717, 1.165) is 0 Å². The molecular formula is C16H19NO3S. The summed E-state index contributed by atoms with van der Waals surface area (Å²) in [4.78, 5) is 0.230. The van der Waals surface area contributed by atoms with Gasteiger partial charge in [0.1, 0.15) is 5.60 Å². The molecule has 2 aromatic rings. The average Bonchev–Trinajstić information content (AvgIpc) is 2.47. The molecule has 0 aliphatic heterocycles. The summed E-state index contributed by atoms with van der Waals surface area (Å²) >= 11 is 0. The van der Waals surface area contributed by atoms with E-state index in [9.17, 15) is 13.5 Å². The van der Waals surface area contributed by atoms with Gasteiger partial charge in [-0.25, -0.2) is 13.1 Å². The van der Waals surface area contributed by atoms with Gasteiger partial charge in [-0.1, -0.05) is 48.5 Å². The minimum atomic E-state index is -3.64. The van der Waals surface area contributed by atoms with Crippen molar-refractivity contribution in [1.29, 1.82) is 0 Å². The molecule has 21 heavy (non-hydrogen) atoms. The second-order valence-electron chi connectivity index (χ2n) is 5.23. The quantitative estimate of drug-likeness (QED) is 0.890. The molecule has 2 rings (SSSR count). The van der Waals surface area contributed by atoms with E-state index in [2.05, 4.69) is 4.72 Å². The van der Waals surface area contributed by atoms with Gasteiger partial charge in [-0.2, -0.15) is 0 Å². The van der Waals surface area contributed by atoms with E-state index < -0.39 is 15.6 Å². The fourth-order valence-electron chi connectivity index (χ4n) is 2.07. The first kappa shape index (κ1) is 15.7. The lowest BCUT2D eigenvalue weighted by Gasteiger charge is -2.24. The van der Waals surface area contributed by atoms with Crippen molar-refractivity contribution in [3.63, 3.8) is 0 Å². The molecule has 2 aromatic carbocycles. The van der Waals surface area contributed by atoms with Crippen LogP contribution in [0.15, 0.2) is 59.5 Å². The molecule has 2 N–H and O–H groups in total. The van der Waals surface area contributed by atoms with Crippen LogP contribution in [0, 0.1) is 6.92 Å². The van der Waals surface area contributed by atoms with E-state index in [-0.39, 0.29) is 11.4 Å². The van der Waals surface area contributed by atoms with Gasteiger partial charge in [0, 0.05) is 6.54 Å². The molecule has 112 valence electrons. The van der Waals surface area contributed by atoms with Crippen LogP contribution < -0.4 is 4.72 Å². The van der Waals surface area contributed by atoms with Crippen molar-refractivity contribution in [2.75, 3.05) is 6.54 Å². The lowest BCUT2D eigenvalue weighted by molar-refractivity contribution is 0.0627. The van der Waals surface area contributed by atoms with E-state index >= 15 is 0 Å². The molecule has 4 nitrogen and oxygen atoms in total. The Balaban J connectivity index is 2.18. The summed E-state index contributed by atoms with van der Waals surface area (Å²) < 4.78 is 27.1. The lowest BCUT2D eigenvalue weighted by Crippen LogP contribution is -2.38. The number of sulfonamides is 1. The molecule has 1 unspecified atom stereocenters. The van der Waals surface area contributed by atoms with Gasteiger partial charge in [-0.05, 0) is 31.0 Å². The fraction of sp³-hybridized carbons (Fsp3) is 0.250. The Labute approximate surface area is 125 Å². The first-order chi connectivity index (χ1) is 9.83. The van der Waals surface area contributed by atoms with Crippen LogP contribution in [0.1, 0.15) is 18.1 Å². The SMILES string of the molecule is Cc1ccccc1S(=O)(=O)NCC(C)(O)c1ccccc1. The Morgan fingerprint density at radius 2 is 1.62 bits per heavy atom. The van der Waals surface area contributed by atoms with E-state index in [1.165, 1.54) is 0 Å². The molecule has 5 heteroatoms. The zero-order chi connectivity index (χ0) is 15.5. The van der Waals surface area contributed by atoms with Crippen LogP contribution in [0.2, 0.25) is 0 Å². The molecule has 0 bridgehead atoms. The molecule has 0 aliphatic carbocycles. The van der Waals surface area contributed by atoms with Crippen LogP contribution >= 0.6 is 0 Å². The summed E-state index contributed by atoms with van der Waals surface area (Å²) in [5.41, 5.74) is 0.0682. The monoisotopic (exact) mass is 305 g/mol. The van der Waals surface area contributed by atoms with Crippen molar-refractivity contribution < 1.29 is 13.5 Å². The third kappa shape index (κ3) is 3.69. The number of hydrogen-bond donors (Lipinski definition) is 2. The van der Waals surface area contributed by atoms with Gasteiger partial charge in [-0.15, -0.1) is 0 Å². The standard InChI is InChI=1S/C16H19NO3S/c1-13-8-6-7-11-15(13)21(19,20)17-12-16(2,18)14-9-4-3-5-10-14/h3-11,17-18H,12H2,1-2H3. The number of aliphatic hydroxyl groups is 1. The molecule has 0 saturated heterocycles. The second kappa shape index (κ2) is 5.97. The Morgan fingerprint density at radius 1 is 1.05 bits per heavy atom. The highest BCUT2D eigenvalue weighted by Gasteiger charge is 2.26. The zero-order valence-electron chi connectivity index (χ0n) is 12.1. The van der Waals surface area contributed by atoms with Crippen LogP contribution in [0.4, 0.5) is 0 Å². The van der Waals surface area contributed by atoms with Crippen LogP contribution in [-0.4, -0.2) is 20.1 Å². The summed E-state index contributed by atoms with van der Waals surface area (Å²) in [5, 5.41) is 10.4. The Bertz CT molecular complexity index is 709. The minimum absolute atomic E-state index is 0.0896. The molecule has 0 heterocycles. The lowest BCUT2D eigenvalue weighted by atomic mass is 9.97. The van der Waals surface area contributed by atoms with E-state index in [0.29, 0.717) is 11.1 Å². The zero-order valence-corrected chi connectivity index (χ0v) is 12.9. The normalized spacial score (nSPS) is 14.6. The van der Waals surface area contributed by atoms with Gasteiger partial charge < -0.3 is 5.11 Å². The van der Waals surface area contributed by atoms with Crippen molar-refractivity contribution in [2.24, 2.45) is 0 Å². The van der Waals surface area contributed by atoms with Crippen molar-refractivity contribution in [2.45, 2.75) is 24.3 Å². The van der Waals surface area contributed by atoms with Crippen molar-refractivity contribution >= 4 is 10.0 Å². The first-order valence-corrected chi connectivity index (χ1v) is 8.14. The number of nitrogens with one attached hydrogen (secondary N) is 1. The summed E-state index contributed by atoms with van der Waals surface area (Å²) in [7, 11) is -3.64. The third-order valence-corrected chi connectivity index (χ3v) is 4.95. The molecule has 0 spiro atoms. The predicted molar refractivity (Wildman–Crippen MR) is 82.4 cm³/mol. The molecule has 0 aliphatic rings. The van der Waals surface area contributed by atoms with E-state index in [1.807, 2.05) is 6.07 Å². The molecule has 0 fully saturated rings. The summed E-state index contributed by atoms with van der Waals surface area (Å²) in [6.07, 6.45) is 0. The largest absolute Gasteiger partial charge is 0.384 e. The maximum atomic E-state index is 12.3. The van der Waals surface area contributed by atoms with Crippen LogP contribution in [0.25, 0.3) is 0 Å². The molecule has 0 amide bonds. The van der Waals surface area contributed by atoms with Crippen LogP contribution in [0.5, 0.6) is 0 Å². The maximum absolute atomic E-state index is 12.3. The molecule has 0 aromatic heterocycles. The summed E-state index contributed by atoms with van der Waals surface area (Å²) in [6.45, 7) is 3.24. The second-order valence-corrected chi connectivity index (χ2v) is 6.97.